The Bertz CT molecular complexity index is 752. The van der Waals surface area contributed by atoms with Crippen LogP contribution in [0.25, 0.3) is 0 Å². The summed E-state index contributed by atoms with van der Waals surface area (Å²) in [6.45, 7) is 1.81. The molecule has 2 N–H and O–H groups in total. The molecule has 0 radical (unpaired) electrons. The van der Waals surface area contributed by atoms with Crippen molar-refractivity contribution in [2.75, 3.05) is 5.75 Å². The number of aromatic hydroxyl groups is 1. The predicted octanol–water partition coefficient (Wildman–Crippen LogP) is 2.62. The van der Waals surface area contributed by atoms with Crippen LogP contribution in [0.2, 0.25) is 0 Å². The first-order chi connectivity index (χ1) is 12.1. The quantitative estimate of drug-likeness (QED) is 0.830. The van der Waals surface area contributed by atoms with Crippen LogP contribution in [0.15, 0.2) is 36.5 Å². The number of carbonyl (C=O) groups excluding carboxylic acids is 1. The number of aromatic nitrogens is 1. The Hall–Kier alpha value is -2.05. The lowest BCUT2D eigenvalue weighted by molar-refractivity contribution is -0.128. The molecule has 5 nitrogen and oxygen atoms in total. The molecule has 0 spiro atoms. The second kappa shape index (κ2) is 7.89. The van der Waals surface area contributed by atoms with Crippen LogP contribution in [0.5, 0.6) is 5.75 Å². The topological polar surface area (TPSA) is 73.7 Å². The Balaban J connectivity index is 1.76. The minimum Gasteiger partial charge on any atom is -0.506 e. The van der Waals surface area contributed by atoms with Crippen molar-refractivity contribution in [2.24, 2.45) is 0 Å². The van der Waals surface area contributed by atoms with Crippen LogP contribution in [0.4, 0.5) is 0 Å². The Morgan fingerprint density at radius 3 is 2.80 bits per heavy atom. The molecule has 1 aromatic carbocycles. The van der Waals surface area contributed by atoms with Crippen molar-refractivity contribution in [1.82, 2.24) is 9.88 Å². The number of amides is 1. The maximum Gasteiger partial charge on any atom is 0.233 e. The SMILES string of the molecule is Cc1ncc(CO)c(CN2C(=O)CSC2CCc2ccccc2)c1O. The average Bonchev–Trinajstić information content (AvgIpc) is 2.98. The van der Waals surface area contributed by atoms with Gasteiger partial charge in [0, 0.05) is 17.3 Å². The minimum absolute atomic E-state index is 0.0676. The number of rotatable bonds is 6. The van der Waals surface area contributed by atoms with E-state index < -0.39 is 0 Å². The van der Waals surface area contributed by atoms with E-state index in [0.29, 0.717) is 29.1 Å². The van der Waals surface area contributed by atoms with Crippen LogP contribution in [0.3, 0.4) is 0 Å². The van der Waals surface area contributed by atoms with Crippen molar-refractivity contribution in [3.8, 4) is 5.75 Å². The first-order valence-electron chi connectivity index (χ1n) is 8.32. The van der Waals surface area contributed by atoms with Gasteiger partial charge in [-0.2, -0.15) is 0 Å². The molecular weight excluding hydrogens is 336 g/mol. The lowest BCUT2D eigenvalue weighted by Gasteiger charge is -2.25. The van der Waals surface area contributed by atoms with Gasteiger partial charge < -0.3 is 15.1 Å². The molecular formula is C19H22N2O3S. The standard InChI is InChI=1S/C19H22N2O3S/c1-13-19(24)16(15(11-22)9-20-13)10-21-17(23)12-25-18(21)8-7-14-5-3-2-4-6-14/h2-6,9,18,22,24H,7-8,10-12H2,1H3. The summed E-state index contributed by atoms with van der Waals surface area (Å²) in [4.78, 5) is 18.2. The third-order valence-electron chi connectivity index (χ3n) is 4.52. The van der Waals surface area contributed by atoms with Gasteiger partial charge in [0.15, 0.2) is 0 Å². The molecule has 3 rings (SSSR count). The monoisotopic (exact) mass is 358 g/mol. The number of benzene rings is 1. The van der Waals surface area contributed by atoms with Crippen molar-refractivity contribution in [2.45, 2.75) is 38.3 Å². The van der Waals surface area contributed by atoms with E-state index in [0.717, 1.165) is 12.8 Å². The highest BCUT2D eigenvalue weighted by molar-refractivity contribution is 8.00. The fraction of sp³-hybridized carbons (Fsp3) is 0.368. The van der Waals surface area contributed by atoms with Gasteiger partial charge in [0.1, 0.15) is 5.75 Å². The van der Waals surface area contributed by atoms with E-state index in [2.05, 4.69) is 17.1 Å². The first-order valence-corrected chi connectivity index (χ1v) is 9.37. The molecule has 132 valence electrons. The molecule has 1 unspecified atom stereocenters. The molecule has 2 aromatic rings. The molecule has 1 aliphatic heterocycles. The lowest BCUT2D eigenvalue weighted by atomic mass is 10.1. The summed E-state index contributed by atoms with van der Waals surface area (Å²) >= 11 is 1.64. The molecule has 6 heteroatoms. The number of nitrogens with zero attached hydrogens (tertiary/aromatic N) is 2. The van der Waals surface area contributed by atoms with Gasteiger partial charge in [0.2, 0.25) is 5.91 Å². The molecule has 0 aliphatic carbocycles. The van der Waals surface area contributed by atoms with E-state index in [1.807, 2.05) is 18.2 Å². The molecule has 1 fully saturated rings. The Morgan fingerprint density at radius 2 is 2.08 bits per heavy atom. The highest BCUT2D eigenvalue weighted by Crippen LogP contribution is 2.33. The smallest absolute Gasteiger partial charge is 0.233 e. The summed E-state index contributed by atoms with van der Waals surface area (Å²) in [7, 11) is 0. The van der Waals surface area contributed by atoms with Crippen LogP contribution in [-0.2, 0) is 24.4 Å². The molecule has 1 amide bonds. The number of aliphatic hydroxyl groups is 1. The van der Waals surface area contributed by atoms with E-state index in [1.165, 1.54) is 5.56 Å². The van der Waals surface area contributed by atoms with Gasteiger partial charge in [-0.3, -0.25) is 9.78 Å². The molecule has 0 bridgehead atoms. The summed E-state index contributed by atoms with van der Waals surface area (Å²) in [5, 5.41) is 19.9. The Kier molecular flexibility index (Phi) is 5.60. The van der Waals surface area contributed by atoms with Crippen LogP contribution >= 0.6 is 11.8 Å². The highest BCUT2D eigenvalue weighted by atomic mass is 32.2. The van der Waals surface area contributed by atoms with Gasteiger partial charge in [0.05, 0.1) is 30.0 Å². The van der Waals surface area contributed by atoms with Crippen molar-refractivity contribution in [3.63, 3.8) is 0 Å². The largest absolute Gasteiger partial charge is 0.506 e. The number of pyridine rings is 1. The van der Waals surface area contributed by atoms with Crippen molar-refractivity contribution in [3.05, 3.63) is 58.9 Å². The number of aliphatic hydroxyl groups excluding tert-OH is 1. The first kappa shape index (κ1) is 17.8. The zero-order valence-electron chi connectivity index (χ0n) is 14.2. The molecule has 1 aliphatic rings. The van der Waals surface area contributed by atoms with Gasteiger partial charge in [-0.1, -0.05) is 30.3 Å². The summed E-state index contributed by atoms with van der Waals surface area (Å²) < 4.78 is 0. The minimum atomic E-state index is -0.208. The van der Waals surface area contributed by atoms with Crippen LogP contribution in [-0.4, -0.2) is 37.1 Å². The highest BCUT2D eigenvalue weighted by Gasteiger charge is 2.32. The van der Waals surface area contributed by atoms with Crippen molar-refractivity contribution in [1.29, 1.82) is 0 Å². The third kappa shape index (κ3) is 3.96. The summed E-state index contributed by atoms with van der Waals surface area (Å²) in [6.07, 6.45) is 3.33. The van der Waals surface area contributed by atoms with Crippen molar-refractivity contribution >= 4 is 17.7 Å². The second-order valence-corrected chi connectivity index (χ2v) is 7.33. The summed E-state index contributed by atoms with van der Waals surface area (Å²) in [5.74, 6) is 0.595. The van der Waals surface area contributed by atoms with Crippen LogP contribution in [0, 0.1) is 6.92 Å². The van der Waals surface area contributed by atoms with Crippen molar-refractivity contribution < 1.29 is 15.0 Å². The number of hydrogen-bond donors (Lipinski definition) is 2. The Labute approximate surface area is 151 Å². The van der Waals surface area contributed by atoms with Gasteiger partial charge in [-0.05, 0) is 25.3 Å². The van der Waals surface area contributed by atoms with E-state index in [4.69, 9.17) is 0 Å². The van der Waals surface area contributed by atoms with Crippen LogP contribution in [0.1, 0.15) is 28.8 Å². The molecule has 2 heterocycles. The molecule has 1 atom stereocenters. The predicted molar refractivity (Wildman–Crippen MR) is 98.1 cm³/mol. The normalized spacial score (nSPS) is 17.3. The fourth-order valence-electron chi connectivity index (χ4n) is 3.03. The van der Waals surface area contributed by atoms with E-state index >= 15 is 0 Å². The Morgan fingerprint density at radius 1 is 1.32 bits per heavy atom. The van der Waals surface area contributed by atoms with E-state index in [1.54, 1.807) is 29.8 Å². The number of carbonyl (C=O) groups is 1. The second-order valence-electron chi connectivity index (χ2n) is 6.17. The van der Waals surface area contributed by atoms with Gasteiger partial charge >= 0.3 is 0 Å². The zero-order valence-corrected chi connectivity index (χ0v) is 15.0. The number of thioether (sulfide) groups is 1. The molecule has 1 aromatic heterocycles. The van der Waals surface area contributed by atoms with Gasteiger partial charge in [-0.25, -0.2) is 0 Å². The van der Waals surface area contributed by atoms with E-state index in [9.17, 15) is 15.0 Å². The molecule has 0 saturated carbocycles. The molecule has 25 heavy (non-hydrogen) atoms. The third-order valence-corrected chi connectivity index (χ3v) is 5.81. The average molecular weight is 358 g/mol. The maximum atomic E-state index is 12.3. The van der Waals surface area contributed by atoms with E-state index in [-0.39, 0.29) is 23.6 Å². The maximum absolute atomic E-state index is 12.3. The zero-order chi connectivity index (χ0) is 17.8. The van der Waals surface area contributed by atoms with Crippen LogP contribution < -0.4 is 0 Å². The van der Waals surface area contributed by atoms with Gasteiger partial charge in [0.25, 0.3) is 0 Å². The summed E-state index contributed by atoms with van der Waals surface area (Å²) in [5.41, 5.74) is 2.92. The number of hydrogen-bond acceptors (Lipinski definition) is 5. The lowest BCUT2D eigenvalue weighted by Crippen LogP contribution is -2.33. The van der Waals surface area contributed by atoms with Gasteiger partial charge in [-0.15, -0.1) is 11.8 Å². The number of aryl methyl sites for hydroxylation is 2. The molecule has 1 saturated heterocycles. The summed E-state index contributed by atoms with van der Waals surface area (Å²) in [6, 6.07) is 10.2. The fourth-order valence-corrected chi connectivity index (χ4v) is 4.19.